The van der Waals surface area contributed by atoms with Crippen molar-refractivity contribution in [1.29, 1.82) is 5.26 Å². The summed E-state index contributed by atoms with van der Waals surface area (Å²) in [6.07, 6.45) is 0.892. The van der Waals surface area contributed by atoms with Gasteiger partial charge >= 0.3 is 0 Å². The van der Waals surface area contributed by atoms with Gasteiger partial charge in [-0.3, -0.25) is 0 Å². The van der Waals surface area contributed by atoms with Crippen LogP contribution in [0.1, 0.15) is 12.5 Å². The zero-order chi connectivity index (χ0) is 19.1. The number of aryl methyl sites for hydroxylation is 1. The summed E-state index contributed by atoms with van der Waals surface area (Å²) in [6, 6.07) is 20.5. The van der Waals surface area contributed by atoms with E-state index in [1.54, 1.807) is 18.9 Å². The first kappa shape index (κ1) is 19.0. The van der Waals surface area contributed by atoms with Gasteiger partial charge in [-0.05, 0) is 43.2 Å². The van der Waals surface area contributed by atoms with Gasteiger partial charge in [0.05, 0.1) is 19.1 Å². The normalized spacial score (nSPS) is 11.7. The molecular formula is C21H22N4OS. The van der Waals surface area contributed by atoms with Gasteiger partial charge < -0.3 is 9.30 Å². The monoisotopic (exact) mass is 378 g/mol. The van der Waals surface area contributed by atoms with E-state index in [1.165, 1.54) is 5.56 Å². The molecule has 1 aromatic heterocycles. The van der Waals surface area contributed by atoms with Crippen LogP contribution >= 0.6 is 11.8 Å². The molecule has 138 valence electrons. The molecule has 1 atom stereocenters. The van der Waals surface area contributed by atoms with Crippen LogP contribution in [0.15, 0.2) is 59.8 Å². The SMILES string of the molecule is COc1ccc(-c2nnc(SC[C@H](C)C#N)n2CCc2ccccc2)cc1. The van der Waals surface area contributed by atoms with Crippen molar-refractivity contribution in [3.05, 3.63) is 60.2 Å². The second kappa shape index (κ2) is 9.24. The largest absolute Gasteiger partial charge is 0.497 e. The van der Waals surface area contributed by atoms with E-state index in [9.17, 15) is 0 Å². The molecule has 0 unspecified atom stereocenters. The molecular weight excluding hydrogens is 356 g/mol. The molecule has 0 spiro atoms. The highest BCUT2D eigenvalue weighted by atomic mass is 32.2. The fourth-order valence-corrected chi connectivity index (χ4v) is 3.58. The Hall–Kier alpha value is -2.78. The molecule has 0 fully saturated rings. The summed E-state index contributed by atoms with van der Waals surface area (Å²) in [7, 11) is 1.66. The summed E-state index contributed by atoms with van der Waals surface area (Å²) in [6.45, 7) is 2.70. The Kier molecular flexibility index (Phi) is 6.50. The van der Waals surface area contributed by atoms with Gasteiger partial charge in [0.15, 0.2) is 11.0 Å². The van der Waals surface area contributed by atoms with Crippen molar-refractivity contribution in [2.75, 3.05) is 12.9 Å². The predicted octanol–water partition coefficient (Wildman–Crippen LogP) is 4.45. The van der Waals surface area contributed by atoms with E-state index in [0.717, 1.165) is 35.3 Å². The quantitative estimate of drug-likeness (QED) is 0.542. The number of rotatable bonds is 8. The average molecular weight is 379 g/mol. The summed E-state index contributed by atoms with van der Waals surface area (Å²) in [5.41, 5.74) is 2.27. The van der Waals surface area contributed by atoms with E-state index in [2.05, 4.69) is 45.1 Å². The fourth-order valence-electron chi connectivity index (χ4n) is 2.67. The Morgan fingerprint density at radius 1 is 1.11 bits per heavy atom. The standard InChI is InChI=1S/C21H22N4OS/c1-16(14-22)15-27-21-24-23-20(18-8-10-19(26-2)11-9-18)25(21)13-12-17-6-4-3-5-7-17/h3-11,16H,12-13,15H2,1-2H3/t16-/m1/s1. The first-order valence-electron chi connectivity index (χ1n) is 8.85. The smallest absolute Gasteiger partial charge is 0.191 e. The van der Waals surface area contributed by atoms with Gasteiger partial charge in [0.1, 0.15) is 5.75 Å². The van der Waals surface area contributed by atoms with Crippen LogP contribution < -0.4 is 4.74 Å². The second-order valence-electron chi connectivity index (χ2n) is 6.26. The minimum Gasteiger partial charge on any atom is -0.497 e. The molecule has 2 aromatic carbocycles. The molecule has 0 amide bonds. The van der Waals surface area contributed by atoms with E-state index >= 15 is 0 Å². The lowest BCUT2D eigenvalue weighted by Crippen LogP contribution is -2.06. The Bertz CT molecular complexity index is 900. The second-order valence-corrected chi connectivity index (χ2v) is 7.25. The third-order valence-electron chi connectivity index (χ3n) is 4.21. The number of benzene rings is 2. The molecule has 0 aliphatic heterocycles. The number of hydrogen-bond donors (Lipinski definition) is 0. The lowest BCUT2D eigenvalue weighted by Gasteiger charge is -2.11. The van der Waals surface area contributed by atoms with Gasteiger partial charge in [-0.25, -0.2) is 0 Å². The van der Waals surface area contributed by atoms with Crippen molar-refractivity contribution in [3.63, 3.8) is 0 Å². The average Bonchev–Trinajstić information content (AvgIpc) is 3.14. The number of ether oxygens (including phenoxy) is 1. The molecule has 0 aliphatic carbocycles. The van der Waals surface area contributed by atoms with Crippen LogP contribution in [0.25, 0.3) is 11.4 Å². The van der Waals surface area contributed by atoms with E-state index in [4.69, 9.17) is 10.00 Å². The van der Waals surface area contributed by atoms with Crippen LogP contribution in [0.4, 0.5) is 0 Å². The van der Waals surface area contributed by atoms with E-state index in [-0.39, 0.29) is 5.92 Å². The van der Waals surface area contributed by atoms with E-state index in [1.807, 2.05) is 37.3 Å². The first-order valence-corrected chi connectivity index (χ1v) is 9.83. The molecule has 0 N–H and O–H groups in total. The van der Waals surface area contributed by atoms with Crippen LogP contribution in [0, 0.1) is 17.2 Å². The maximum atomic E-state index is 9.05. The van der Waals surface area contributed by atoms with Crippen LogP contribution in [-0.2, 0) is 13.0 Å². The van der Waals surface area contributed by atoms with Crippen LogP contribution in [0.5, 0.6) is 5.75 Å². The minimum atomic E-state index is -0.0290. The van der Waals surface area contributed by atoms with Crippen molar-refractivity contribution in [1.82, 2.24) is 14.8 Å². The minimum absolute atomic E-state index is 0.0290. The number of thioether (sulfide) groups is 1. The van der Waals surface area contributed by atoms with Gasteiger partial charge in [0.25, 0.3) is 0 Å². The van der Waals surface area contributed by atoms with Crippen LogP contribution in [0.2, 0.25) is 0 Å². The maximum Gasteiger partial charge on any atom is 0.191 e. The zero-order valence-corrected chi connectivity index (χ0v) is 16.3. The Balaban J connectivity index is 1.87. The first-order chi connectivity index (χ1) is 13.2. The van der Waals surface area contributed by atoms with Gasteiger partial charge in [-0.15, -0.1) is 10.2 Å². The molecule has 1 heterocycles. The predicted molar refractivity (Wildman–Crippen MR) is 108 cm³/mol. The number of nitrogens with zero attached hydrogens (tertiary/aromatic N) is 4. The maximum absolute atomic E-state index is 9.05. The third kappa shape index (κ3) is 4.89. The van der Waals surface area contributed by atoms with Crippen LogP contribution in [0.3, 0.4) is 0 Å². The van der Waals surface area contributed by atoms with Gasteiger partial charge in [-0.2, -0.15) is 5.26 Å². The Morgan fingerprint density at radius 3 is 2.52 bits per heavy atom. The summed E-state index contributed by atoms with van der Waals surface area (Å²) in [5, 5.41) is 18.7. The summed E-state index contributed by atoms with van der Waals surface area (Å²) < 4.78 is 7.39. The van der Waals surface area contributed by atoms with Gasteiger partial charge in [0, 0.05) is 17.9 Å². The van der Waals surface area contributed by atoms with Gasteiger partial charge in [0.2, 0.25) is 0 Å². The molecule has 3 aromatic rings. The molecule has 0 aliphatic rings. The van der Waals surface area contributed by atoms with Crippen molar-refractivity contribution in [2.24, 2.45) is 5.92 Å². The topological polar surface area (TPSA) is 63.7 Å². The lowest BCUT2D eigenvalue weighted by molar-refractivity contribution is 0.415. The zero-order valence-electron chi connectivity index (χ0n) is 15.5. The molecule has 3 rings (SSSR count). The highest BCUT2D eigenvalue weighted by Crippen LogP contribution is 2.27. The lowest BCUT2D eigenvalue weighted by atomic mass is 10.1. The molecule has 0 radical (unpaired) electrons. The summed E-state index contributed by atoms with van der Waals surface area (Å²) in [4.78, 5) is 0. The number of aromatic nitrogens is 3. The molecule has 6 heteroatoms. The van der Waals surface area contributed by atoms with E-state index in [0.29, 0.717) is 5.75 Å². The number of hydrogen-bond acceptors (Lipinski definition) is 5. The fraction of sp³-hybridized carbons (Fsp3) is 0.286. The molecule has 5 nitrogen and oxygen atoms in total. The Labute approximate surface area is 164 Å². The molecule has 27 heavy (non-hydrogen) atoms. The highest BCUT2D eigenvalue weighted by Gasteiger charge is 2.15. The van der Waals surface area contributed by atoms with Crippen molar-refractivity contribution in [2.45, 2.75) is 25.0 Å². The Morgan fingerprint density at radius 2 is 1.85 bits per heavy atom. The molecule has 0 saturated carbocycles. The summed E-state index contributed by atoms with van der Waals surface area (Å²) >= 11 is 1.58. The van der Waals surface area contributed by atoms with Crippen molar-refractivity contribution < 1.29 is 4.74 Å². The number of nitriles is 1. The van der Waals surface area contributed by atoms with E-state index < -0.39 is 0 Å². The highest BCUT2D eigenvalue weighted by molar-refractivity contribution is 7.99. The van der Waals surface area contributed by atoms with Crippen molar-refractivity contribution in [3.8, 4) is 23.2 Å². The molecule has 0 saturated heterocycles. The van der Waals surface area contributed by atoms with Crippen molar-refractivity contribution >= 4 is 11.8 Å². The summed E-state index contributed by atoms with van der Waals surface area (Å²) in [5.74, 6) is 2.31. The van der Waals surface area contributed by atoms with Crippen LogP contribution in [-0.4, -0.2) is 27.6 Å². The molecule has 0 bridgehead atoms. The number of methoxy groups -OCH3 is 1. The third-order valence-corrected chi connectivity index (χ3v) is 5.44. The van der Waals surface area contributed by atoms with Gasteiger partial charge in [-0.1, -0.05) is 42.1 Å².